The van der Waals surface area contributed by atoms with E-state index in [9.17, 15) is 0 Å². The molecule has 0 atom stereocenters. The molecule has 5 rings (SSSR count). The Morgan fingerprint density at radius 2 is 0.912 bits per heavy atom. The summed E-state index contributed by atoms with van der Waals surface area (Å²) in [7, 11) is 4.17. The highest BCUT2D eigenvalue weighted by atomic mass is 16.5. The van der Waals surface area contributed by atoms with Crippen molar-refractivity contribution in [2.24, 2.45) is 0 Å². The first-order valence-corrected chi connectivity index (χ1v) is 12.3. The molecule has 178 valence electrons. The highest BCUT2D eigenvalue weighted by Gasteiger charge is 2.19. The molecule has 0 unspecified atom stereocenters. The Morgan fingerprint density at radius 1 is 0.559 bits per heavy atom. The molecule has 5 heteroatoms. The van der Waals surface area contributed by atoms with Crippen molar-refractivity contribution < 1.29 is 9.47 Å². The molecule has 0 bridgehead atoms. The quantitative estimate of drug-likeness (QED) is 0.504. The summed E-state index contributed by atoms with van der Waals surface area (Å²) in [5.74, 6) is 0.189. The van der Waals surface area contributed by atoms with Gasteiger partial charge in [0.05, 0.1) is 26.4 Å². The van der Waals surface area contributed by atoms with E-state index < -0.39 is 0 Å². The van der Waals surface area contributed by atoms with Crippen LogP contribution in [0, 0.1) is 0 Å². The van der Waals surface area contributed by atoms with Crippen LogP contribution < -0.4 is 14.7 Å². The Hall–Kier alpha value is -3.02. The molecule has 0 radical (unpaired) electrons. The SMILES string of the molecule is CN(C)c1ccc(C(c2ccc(N3CCOCC3)cc2)c2ccc(N3CCOCC3)cc2)cc1. The summed E-state index contributed by atoms with van der Waals surface area (Å²) in [6.45, 7) is 7.04. The molecule has 0 saturated carbocycles. The van der Waals surface area contributed by atoms with Gasteiger partial charge in [-0.2, -0.15) is 0 Å². The van der Waals surface area contributed by atoms with Gasteiger partial charge in [0.2, 0.25) is 0 Å². The molecule has 3 aromatic carbocycles. The van der Waals surface area contributed by atoms with Gasteiger partial charge >= 0.3 is 0 Å². The molecule has 0 aliphatic carbocycles. The lowest BCUT2D eigenvalue weighted by molar-refractivity contribution is 0.122. The summed E-state index contributed by atoms with van der Waals surface area (Å²) in [6, 6.07) is 27.2. The van der Waals surface area contributed by atoms with Crippen molar-refractivity contribution in [1.29, 1.82) is 0 Å². The predicted molar refractivity (Wildman–Crippen MR) is 141 cm³/mol. The van der Waals surface area contributed by atoms with Crippen LogP contribution in [-0.2, 0) is 9.47 Å². The maximum Gasteiger partial charge on any atom is 0.0642 e. The van der Waals surface area contributed by atoms with E-state index in [0.717, 1.165) is 52.6 Å². The Labute approximate surface area is 203 Å². The average molecular weight is 458 g/mol. The van der Waals surface area contributed by atoms with Crippen LogP contribution in [0.2, 0.25) is 0 Å². The smallest absolute Gasteiger partial charge is 0.0642 e. The lowest BCUT2D eigenvalue weighted by Crippen LogP contribution is -2.36. The molecule has 2 fully saturated rings. The lowest BCUT2D eigenvalue weighted by Gasteiger charge is -2.30. The molecule has 2 aliphatic rings. The maximum atomic E-state index is 5.52. The molecular formula is C29H35N3O2. The first-order valence-electron chi connectivity index (χ1n) is 12.3. The second-order valence-corrected chi connectivity index (χ2v) is 9.30. The Balaban J connectivity index is 1.46. The minimum atomic E-state index is 0.189. The van der Waals surface area contributed by atoms with Crippen LogP contribution in [0.4, 0.5) is 17.1 Å². The Bertz CT molecular complexity index is 975. The number of hydrogen-bond acceptors (Lipinski definition) is 5. The Morgan fingerprint density at radius 3 is 1.26 bits per heavy atom. The second-order valence-electron chi connectivity index (χ2n) is 9.30. The van der Waals surface area contributed by atoms with E-state index in [1.807, 2.05) is 0 Å². The first-order chi connectivity index (χ1) is 16.7. The molecule has 0 amide bonds. The van der Waals surface area contributed by atoms with Crippen molar-refractivity contribution in [3.63, 3.8) is 0 Å². The molecule has 0 aromatic heterocycles. The standard InChI is InChI=1S/C29H35N3O2/c1-30(2)26-9-3-23(4-10-26)29(24-5-11-27(12-6-24)31-15-19-33-20-16-31)25-7-13-28(14-8-25)32-17-21-34-22-18-32/h3-14,29H,15-22H2,1-2H3. The van der Waals surface area contributed by atoms with Gasteiger partial charge in [0.1, 0.15) is 0 Å². The van der Waals surface area contributed by atoms with Crippen molar-refractivity contribution >= 4 is 17.1 Å². The fourth-order valence-electron chi connectivity index (χ4n) is 4.94. The molecule has 0 N–H and O–H groups in total. The molecule has 2 aliphatic heterocycles. The van der Waals surface area contributed by atoms with Gasteiger partial charge in [-0.05, 0) is 53.1 Å². The maximum absolute atomic E-state index is 5.52. The molecule has 5 nitrogen and oxygen atoms in total. The van der Waals surface area contributed by atoms with E-state index in [-0.39, 0.29) is 5.92 Å². The van der Waals surface area contributed by atoms with Gasteiger partial charge in [0.25, 0.3) is 0 Å². The molecule has 34 heavy (non-hydrogen) atoms. The number of ether oxygens (including phenoxy) is 2. The third-order valence-electron chi connectivity index (χ3n) is 6.95. The third kappa shape index (κ3) is 5.06. The lowest BCUT2D eigenvalue weighted by atomic mass is 9.85. The van der Waals surface area contributed by atoms with E-state index in [0.29, 0.717) is 0 Å². The molecule has 2 saturated heterocycles. The van der Waals surface area contributed by atoms with Gasteiger partial charge in [0, 0.05) is 63.3 Å². The van der Waals surface area contributed by atoms with E-state index in [1.54, 1.807) is 0 Å². The molecular weight excluding hydrogens is 422 g/mol. The van der Waals surface area contributed by atoms with Crippen LogP contribution >= 0.6 is 0 Å². The number of rotatable bonds is 6. The molecule has 2 heterocycles. The van der Waals surface area contributed by atoms with Crippen LogP contribution in [0.3, 0.4) is 0 Å². The summed E-state index contributed by atoms with van der Waals surface area (Å²) >= 11 is 0. The van der Waals surface area contributed by atoms with Crippen LogP contribution in [0.25, 0.3) is 0 Å². The zero-order valence-electron chi connectivity index (χ0n) is 20.3. The van der Waals surface area contributed by atoms with Gasteiger partial charge in [0.15, 0.2) is 0 Å². The normalized spacial score (nSPS) is 16.7. The number of nitrogens with zero attached hydrogens (tertiary/aromatic N) is 3. The summed E-state index contributed by atoms with van der Waals surface area (Å²) in [5, 5.41) is 0. The minimum absolute atomic E-state index is 0.189. The van der Waals surface area contributed by atoms with Crippen LogP contribution in [0.15, 0.2) is 72.8 Å². The van der Waals surface area contributed by atoms with Crippen molar-refractivity contribution in [1.82, 2.24) is 0 Å². The second kappa shape index (κ2) is 10.5. The van der Waals surface area contributed by atoms with Gasteiger partial charge in [-0.1, -0.05) is 36.4 Å². The molecule has 3 aromatic rings. The molecule has 0 spiro atoms. The fraction of sp³-hybridized carbons (Fsp3) is 0.379. The average Bonchev–Trinajstić information content (AvgIpc) is 2.91. The topological polar surface area (TPSA) is 28.2 Å². The van der Waals surface area contributed by atoms with Crippen LogP contribution in [0.1, 0.15) is 22.6 Å². The fourth-order valence-corrected chi connectivity index (χ4v) is 4.94. The van der Waals surface area contributed by atoms with Crippen molar-refractivity contribution in [2.75, 3.05) is 81.4 Å². The monoisotopic (exact) mass is 457 g/mol. The largest absolute Gasteiger partial charge is 0.378 e. The van der Waals surface area contributed by atoms with Gasteiger partial charge in [-0.15, -0.1) is 0 Å². The number of benzene rings is 3. The van der Waals surface area contributed by atoms with Gasteiger partial charge < -0.3 is 24.2 Å². The zero-order valence-corrected chi connectivity index (χ0v) is 20.3. The van der Waals surface area contributed by atoms with Crippen molar-refractivity contribution in [2.45, 2.75) is 5.92 Å². The van der Waals surface area contributed by atoms with Gasteiger partial charge in [-0.3, -0.25) is 0 Å². The third-order valence-corrected chi connectivity index (χ3v) is 6.95. The zero-order chi connectivity index (χ0) is 23.3. The van der Waals surface area contributed by atoms with E-state index in [2.05, 4.69) is 102 Å². The minimum Gasteiger partial charge on any atom is -0.378 e. The van der Waals surface area contributed by atoms with Gasteiger partial charge in [-0.25, -0.2) is 0 Å². The first kappa shape index (κ1) is 22.8. The van der Waals surface area contributed by atoms with E-state index in [4.69, 9.17) is 9.47 Å². The predicted octanol–water partition coefficient (Wildman–Crippen LogP) is 4.61. The van der Waals surface area contributed by atoms with Crippen molar-refractivity contribution in [3.8, 4) is 0 Å². The summed E-state index contributed by atoms with van der Waals surface area (Å²) in [6.07, 6.45) is 0. The number of morpholine rings is 2. The number of hydrogen-bond donors (Lipinski definition) is 0. The number of anilines is 3. The van der Waals surface area contributed by atoms with Crippen molar-refractivity contribution in [3.05, 3.63) is 89.5 Å². The Kier molecular flexibility index (Phi) is 7.02. The van der Waals surface area contributed by atoms with Crippen LogP contribution in [0.5, 0.6) is 0 Å². The summed E-state index contributed by atoms with van der Waals surface area (Å²) in [4.78, 5) is 6.96. The highest BCUT2D eigenvalue weighted by Crippen LogP contribution is 2.35. The van der Waals surface area contributed by atoms with Crippen LogP contribution in [-0.4, -0.2) is 66.7 Å². The highest BCUT2D eigenvalue weighted by molar-refractivity contribution is 5.56. The summed E-state index contributed by atoms with van der Waals surface area (Å²) < 4.78 is 11.0. The van der Waals surface area contributed by atoms with E-state index >= 15 is 0 Å². The summed E-state index contributed by atoms with van der Waals surface area (Å²) in [5.41, 5.74) is 7.70. The van der Waals surface area contributed by atoms with E-state index in [1.165, 1.54) is 33.8 Å².